The third-order valence-corrected chi connectivity index (χ3v) is 4.42. The Balaban J connectivity index is 0.00000280. The van der Waals surface area contributed by atoms with Crippen LogP contribution in [0.3, 0.4) is 0 Å². The summed E-state index contributed by atoms with van der Waals surface area (Å²) in [5.74, 6) is 2.08. The summed E-state index contributed by atoms with van der Waals surface area (Å²) in [5, 5.41) is 9.20. The fraction of sp³-hybridized carbons (Fsp3) is 0.263. The standard InChI is InChI=1S/C19H21BrN4O3.HI/c1-21-19(23-11-13-2-7-16-17(10-13)27-12-26-16)22-9-8-18(25)24-15-5-3-14(20)4-6-15;/h2-7,10H,8-9,11-12H2,1H3,(H,24,25)(H2,21,22,23);1H. The van der Waals surface area contributed by atoms with Gasteiger partial charge in [-0.1, -0.05) is 22.0 Å². The molecule has 3 rings (SSSR count). The Morgan fingerprint density at radius 2 is 1.86 bits per heavy atom. The molecule has 0 unspecified atom stereocenters. The number of hydrogen-bond donors (Lipinski definition) is 3. The minimum atomic E-state index is -0.0592. The molecule has 2 aromatic rings. The van der Waals surface area contributed by atoms with Crippen LogP contribution in [0.4, 0.5) is 5.69 Å². The zero-order valence-electron chi connectivity index (χ0n) is 15.3. The summed E-state index contributed by atoms with van der Waals surface area (Å²) in [4.78, 5) is 16.2. The average molecular weight is 561 g/mol. The van der Waals surface area contributed by atoms with E-state index in [4.69, 9.17) is 9.47 Å². The summed E-state index contributed by atoms with van der Waals surface area (Å²) >= 11 is 3.37. The first-order valence-corrected chi connectivity index (χ1v) is 9.32. The van der Waals surface area contributed by atoms with E-state index in [1.54, 1.807) is 7.05 Å². The smallest absolute Gasteiger partial charge is 0.231 e. The maximum atomic E-state index is 12.0. The van der Waals surface area contributed by atoms with Crippen LogP contribution >= 0.6 is 39.9 Å². The van der Waals surface area contributed by atoms with Crippen molar-refractivity contribution in [2.45, 2.75) is 13.0 Å². The lowest BCUT2D eigenvalue weighted by Gasteiger charge is -2.12. The number of guanidine groups is 1. The number of ether oxygens (including phenoxy) is 2. The normalized spacial score (nSPS) is 12.1. The van der Waals surface area contributed by atoms with Crippen molar-refractivity contribution >= 4 is 57.5 Å². The van der Waals surface area contributed by atoms with E-state index in [0.717, 1.165) is 27.2 Å². The maximum Gasteiger partial charge on any atom is 0.231 e. The highest BCUT2D eigenvalue weighted by molar-refractivity contribution is 14.0. The zero-order chi connectivity index (χ0) is 19.1. The van der Waals surface area contributed by atoms with Crippen molar-refractivity contribution in [2.75, 3.05) is 25.7 Å². The number of anilines is 1. The van der Waals surface area contributed by atoms with Crippen LogP contribution in [-0.4, -0.2) is 32.3 Å². The quantitative estimate of drug-likeness (QED) is 0.286. The lowest BCUT2D eigenvalue weighted by atomic mass is 10.2. The lowest BCUT2D eigenvalue weighted by molar-refractivity contribution is -0.116. The number of nitrogens with one attached hydrogen (secondary N) is 3. The summed E-state index contributed by atoms with van der Waals surface area (Å²) in [6.45, 7) is 1.32. The number of halogens is 2. The van der Waals surface area contributed by atoms with Gasteiger partial charge in [-0.3, -0.25) is 9.79 Å². The highest BCUT2D eigenvalue weighted by atomic mass is 127. The molecule has 1 heterocycles. The van der Waals surface area contributed by atoms with Crippen LogP contribution in [0.15, 0.2) is 51.9 Å². The summed E-state index contributed by atoms with van der Waals surface area (Å²) < 4.78 is 11.7. The summed E-state index contributed by atoms with van der Waals surface area (Å²) in [6, 6.07) is 13.3. The minimum Gasteiger partial charge on any atom is -0.454 e. The third kappa shape index (κ3) is 6.55. The van der Waals surface area contributed by atoms with Crippen LogP contribution in [0.2, 0.25) is 0 Å². The van der Waals surface area contributed by atoms with Crippen molar-refractivity contribution in [3.05, 3.63) is 52.5 Å². The van der Waals surface area contributed by atoms with E-state index in [1.807, 2.05) is 42.5 Å². The molecule has 2 aromatic carbocycles. The van der Waals surface area contributed by atoms with Gasteiger partial charge >= 0.3 is 0 Å². The van der Waals surface area contributed by atoms with E-state index in [-0.39, 0.29) is 36.7 Å². The molecule has 1 amide bonds. The van der Waals surface area contributed by atoms with Gasteiger partial charge in [0.05, 0.1) is 0 Å². The second kappa shape index (κ2) is 11.1. The molecule has 0 radical (unpaired) electrons. The van der Waals surface area contributed by atoms with E-state index in [9.17, 15) is 4.79 Å². The summed E-state index contributed by atoms with van der Waals surface area (Å²) in [7, 11) is 1.69. The molecule has 0 bridgehead atoms. The van der Waals surface area contributed by atoms with Crippen LogP contribution in [0.5, 0.6) is 11.5 Å². The lowest BCUT2D eigenvalue weighted by Crippen LogP contribution is -2.38. The van der Waals surface area contributed by atoms with E-state index < -0.39 is 0 Å². The van der Waals surface area contributed by atoms with Crippen molar-refractivity contribution in [2.24, 2.45) is 4.99 Å². The van der Waals surface area contributed by atoms with Gasteiger partial charge in [0.15, 0.2) is 17.5 Å². The van der Waals surface area contributed by atoms with E-state index in [2.05, 4.69) is 36.9 Å². The molecular weight excluding hydrogens is 539 g/mol. The Kier molecular flexibility index (Phi) is 8.84. The first kappa shape index (κ1) is 22.3. The van der Waals surface area contributed by atoms with Crippen LogP contribution in [0.1, 0.15) is 12.0 Å². The fourth-order valence-corrected chi connectivity index (χ4v) is 2.77. The largest absolute Gasteiger partial charge is 0.454 e. The molecule has 28 heavy (non-hydrogen) atoms. The van der Waals surface area contributed by atoms with Gasteiger partial charge in [0.25, 0.3) is 0 Å². The molecular formula is C19H22BrIN4O3. The molecule has 1 aliphatic rings. The molecule has 1 aliphatic heterocycles. The number of carbonyl (C=O) groups excluding carboxylic acids is 1. The number of carbonyl (C=O) groups is 1. The Morgan fingerprint density at radius 3 is 2.61 bits per heavy atom. The van der Waals surface area contributed by atoms with Crippen LogP contribution in [-0.2, 0) is 11.3 Å². The topological polar surface area (TPSA) is 84.0 Å². The Labute approximate surface area is 189 Å². The molecule has 0 saturated heterocycles. The van der Waals surface area contributed by atoms with E-state index >= 15 is 0 Å². The second-order valence-corrected chi connectivity index (χ2v) is 6.76. The fourth-order valence-electron chi connectivity index (χ4n) is 2.51. The molecule has 7 nitrogen and oxygen atoms in total. The van der Waals surface area contributed by atoms with E-state index in [0.29, 0.717) is 25.5 Å². The van der Waals surface area contributed by atoms with Crippen LogP contribution in [0.25, 0.3) is 0 Å². The van der Waals surface area contributed by atoms with Gasteiger partial charge in [0.2, 0.25) is 12.7 Å². The number of amides is 1. The zero-order valence-corrected chi connectivity index (χ0v) is 19.2. The van der Waals surface area contributed by atoms with Crippen molar-refractivity contribution in [3.63, 3.8) is 0 Å². The van der Waals surface area contributed by atoms with Crippen LogP contribution < -0.4 is 25.4 Å². The van der Waals surface area contributed by atoms with Gasteiger partial charge in [-0.2, -0.15) is 0 Å². The Morgan fingerprint density at radius 1 is 1.11 bits per heavy atom. The first-order valence-electron chi connectivity index (χ1n) is 8.52. The van der Waals surface area contributed by atoms with E-state index in [1.165, 1.54) is 0 Å². The van der Waals surface area contributed by atoms with Gasteiger partial charge in [0, 0.05) is 36.7 Å². The summed E-state index contributed by atoms with van der Waals surface area (Å²) in [6.07, 6.45) is 0.334. The third-order valence-electron chi connectivity index (χ3n) is 3.89. The number of rotatable bonds is 6. The second-order valence-electron chi connectivity index (χ2n) is 5.85. The molecule has 0 aliphatic carbocycles. The van der Waals surface area contributed by atoms with Gasteiger partial charge in [-0.25, -0.2) is 0 Å². The van der Waals surface area contributed by atoms with Crippen molar-refractivity contribution < 1.29 is 14.3 Å². The Bertz CT molecular complexity index is 830. The highest BCUT2D eigenvalue weighted by Crippen LogP contribution is 2.32. The number of fused-ring (bicyclic) bond motifs is 1. The highest BCUT2D eigenvalue weighted by Gasteiger charge is 2.13. The van der Waals surface area contributed by atoms with Crippen molar-refractivity contribution in [1.82, 2.24) is 10.6 Å². The van der Waals surface area contributed by atoms with Crippen LogP contribution in [0, 0.1) is 0 Å². The molecule has 9 heteroatoms. The molecule has 0 spiro atoms. The molecule has 150 valence electrons. The average Bonchev–Trinajstić information content (AvgIpc) is 3.14. The molecule has 0 atom stereocenters. The first-order chi connectivity index (χ1) is 13.1. The number of hydrogen-bond acceptors (Lipinski definition) is 4. The Hall–Kier alpha value is -2.01. The molecule has 0 saturated carbocycles. The SMILES string of the molecule is CN=C(NCCC(=O)Nc1ccc(Br)cc1)NCc1ccc2c(c1)OCO2.I. The summed E-state index contributed by atoms with van der Waals surface area (Å²) in [5.41, 5.74) is 1.82. The monoisotopic (exact) mass is 560 g/mol. The number of benzene rings is 2. The van der Waals surface area contributed by atoms with Crippen molar-refractivity contribution in [1.29, 1.82) is 0 Å². The predicted octanol–water partition coefficient (Wildman–Crippen LogP) is 3.49. The van der Waals surface area contributed by atoms with Gasteiger partial charge < -0.3 is 25.4 Å². The molecule has 0 aromatic heterocycles. The maximum absolute atomic E-state index is 12.0. The number of nitrogens with zero attached hydrogens (tertiary/aromatic N) is 1. The van der Waals surface area contributed by atoms with Gasteiger partial charge in [0.1, 0.15) is 0 Å². The predicted molar refractivity (Wildman–Crippen MR) is 124 cm³/mol. The molecule has 0 fully saturated rings. The minimum absolute atomic E-state index is 0. The van der Waals surface area contributed by atoms with Crippen molar-refractivity contribution in [3.8, 4) is 11.5 Å². The molecule has 3 N–H and O–H groups in total. The van der Waals surface area contributed by atoms with Gasteiger partial charge in [-0.05, 0) is 42.0 Å². The number of aliphatic imine (C=N–C) groups is 1. The van der Waals surface area contributed by atoms with Gasteiger partial charge in [-0.15, -0.1) is 24.0 Å².